The number of rotatable bonds is 4. The number of halogens is 2. The first-order valence-corrected chi connectivity index (χ1v) is 5.70. The van der Waals surface area contributed by atoms with Crippen LogP contribution in [0.25, 0.3) is 0 Å². The van der Waals surface area contributed by atoms with Crippen molar-refractivity contribution < 1.29 is 4.74 Å². The van der Waals surface area contributed by atoms with Crippen molar-refractivity contribution in [2.45, 2.75) is 38.2 Å². The van der Waals surface area contributed by atoms with Gasteiger partial charge in [0.05, 0.1) is 0 Å². The molecule has 98 valence electrons. The minimum absolute atomic E-state index is 0. The van der Waals surface area contributed by atoms with Crippen molar-refractivity contribution in [3.8, 4) is 5.88 Å². The lowest BCUT2D eigenvalue weighted by molar-refractivity contribution is 0.201. The summed E-state index contributed by atoms with van der Waals surface area (Å²) in [4.78, 5) is 4.28. The van der Waals surface area contributed by atoms with Crippen LogP contribution in [0.3, 0.4) is 0 Å². The van der Waals surface area contributed by atoms with E-state index in [9.17, 15) is 0 Å². The molecule has 1 fully saturated rings. The summed E-state index contributed by atoms with van der Waals surface area (Å²) in [7, 11) is 0. The molecule has 2 N–H and O–H groups in total. The van der Waals surface area contributed by atoms with Crippen LogP contribution in [0.5, 0.6) is 5.88 Å². The Bertz CT molecular complexity index is 300. The molecular formula is C12H20Cl2N2O. The van der Waals surface area contributed by atoms with E-state index in [2.05, 4.69) is 4.98 Å². The highest BCUT2D eigenvalue weighted by atomic mass is 35.5. The van der Waals surface area contributed by atoms with Gasteiger partial charge < -0.3 is 10.5 Å². The Morgan fingerprint density at radius 1 is 1.24 bits per heavy atom. The maximum Gasteiger partial charge on any atom is 0.213 e. The molecule has 1 aromatic rings. The van der Waals surface area contributed by atoms with Crippen molar-refractivity contribution >= 4 is 24.8 Å². The molecule has 0 saturated heterocycles. The van der Waals surface area contributed by atoms with Gasteiger partial charge in [-0.2, -0.15) is 0 Å². The van der Waals surface area contributed by atoms with Gasteiger partial charge in [0.2, 0.25) is 5.88 Å². The van der Waals surface area contributed by atoms with E-state index in [1.165, 1.54) is 31.2 Å². The lowest BCUT2D eigenvalue weighted by atomic mass is 10.2. The fourth-order valence-corrected chi connectivity index (χ4v) is 1.97. The van der Waals surface area contributed by atoms with Crippen molar-refractivity contribution in [1.29, 1.82) is 0 Å². The Labute approximate surface area is 115 Å². The zero-order valence-electron chi connectivity index (χ0n) is 9.80. The van der Waals surface area contributed by atoms with E-state index in [0.717, 1.165) is 12.3 Å². The quantitative estimate of drug-likeness (QED) is 0.922. The van der Waals surface area contributed by atoms with E-state index in [1.54, 1.807) is 0 Å². The molecule has 0 unspecified atom stereocenters. The number of aromatic nitrogens is 1. The van der Waals surface area contributed by atoms with E-state index >= 15 is 0 Å². The summed E-state index contributed by atoms with van der Waals surface area (Å²) in [6.07, 6.45) is 8.05. The van der Waals surface area contributed by atoms with Crippen LogP contribution in [0.2, 0.25) is 0 Å². The van der Waals surface area contributed by atoms with Crippen LogP contribution in [0.15, 0.2) is 18.3 Å². The van der Waals surface area contributed by atoms with Crippen molar-refractivity contribution in [2.24, 2.45) is 5.73 Å². The second-order valence-corrected chi connectivity index (χ2v) is 4.07. The summed E-state index contributed by atoms with van der Waals surface area (Å²) in [5, 5.41) is 0. The van der Waals surface area contributed by atoms with Crippen LogP contribution >= 0.6 is 24.8 Å². The highest BCUT2D eigenvalue weighted by molar-refractivity contribution is 5.85. The number of ether oxygens (including phenoxy) is 1. The minimum atomic E-state index is 0. The van der Waals surface area contributed by atoms with Gasteiger partial charge >= 0.3 is 0 Å². The van der Waals surface area contributed by atoms with E-state index in [-0.39, 0.29) is 24.8 Å². The van der Waals surface area contributed by atoms with E-state index < -0.39 is 0 Å². The van der Waals surface area contributed by atoms with Crippen LogP contribution in [-0.4, -0.2) is 17.6 Å². The molecule has 0 aromatic carbocycles. The number of pyridine rings is 1. The zero-order valence-corrected chi connectivity index (χ0v) is 11.4. The first kappa shape index (κ1) is 16.5. The van der Waals surface area contributed by atoms with E-state index in [1.807, 2.05) is 18.3 Å². The molecule has 0 spiro atoms. The van der Waals surface area contributed by atoms with Gasteiger partial charge in [0, 0.05) is 12.3 Å². The number of nitrogens with two attached hydrogens (primary N) is 1. The molecule has 1 heterocycles. The van der Waals surface area contributed by atoms with Crippen LogP contribution in [0, 0.1) is 0 Å². The molecule has 1 aliphatic rings. The molecule has 1 aliphatic carbocycles. The zero-order chi connectivity index (χ0) is 10.5. The minimum Gasteiger partial charge on any atom is -0.474 e. The van der Waals surface area contributed by atoms with Crippen molar-refractivity contribution in [3.05, 3.63) is 23.9 Å². The SMILES string of the molecule is Cl.Cl.NCCc1ccc(OC2CCCC2)nc1. The summed E-state index contributed by atoms with van der Waals surface area (Å²) in [6.45, 7) is 0.671. The molecule has 0 aliphatic heterocycles. The smallest absolute Gasteiger partial charge is 0.213 e. The second kappa shape index (κ2) is 8.56. The molecule has 5 heteroatoms. The third-order valence-electron chi connectivity index (χ3n) is 2.82. The predicted molar refractivity (Wildman–Crippen MR) is 74.4 cm³/mol. The third-order valence-corrected chi connectivity index (χ3v) is 2.82. The van der Waals surface area contributed by atoms with Gasteiger partial charge in [-0.3, -0.25) is 0 Å². The highest BCUT2D eigenvalue weighted by Gasteiger charge is 2.16. The van der Waals surface area contributed by atoms with Crippen LogP contribution in [-0.2, 0) is 6.42 Å². The van der Waals surface area contributed by atoms with Gasteiger partial charge in [0.25, 0.3) is 0 Å². The Balaban J connectivity index is 0.00000128. The molecule has 2 rings (SSSR count). The molecule has 3 nitrogen and oxygen atoms in total. The Hall–Kier alpha value is -0.510. The highest BCUT2D eigenvalue weighted by Crippen LogP contribution is 2.22. The topological polar surface area (TPSA) is 48.1 Å². The van der Waals surface area contributed by atoms with Gasteiger partial charge in [-0.15, -0.1) is 24.8 Å². The normalized spacial score (nSPS) is 14.9. The summed E-state index contributed by atoms with van der Waals surface area (Å²) < 4.78 is 5.77. The number of hydrogen-bond acceptors (Lipinski definition) is 3. The van der Waals surface area contributed by atoms with Gasteiger partial charge in [-0.05, 0) is 44.2 Å². The van der Waals surface area contributed by atoms with Gasteiger partial charge in [0.1, 0.15) is 6.10 Å². The van der Waals surface area contributed by atoms with E-state index in [0.29, 0.717) is 12.6 Å². The molecule has 0 atom stereocenters. The maximum atomic E-state index is 5.77. The first-order valence-electron chi connectivity index (χ1n) is 5.70. The molecule has 1 saturated carbocycles. The van der Waals surface area contributed by atoms with Crippen molar-refractivity contribution in [3.63, 3.8) is 0 Å². The monoisotopic (exact) mass is 278 g/mol. The lowest BCUT2D eigenvalue weighted by Gasteiger charge is -2.11. The second-order valence-electron chi connectivity index (χ2n) is 4.07. The molecule has 1 aromatic heterocycles. The summed E-state index contributed by atoms with van der Waals surface area (Å²) >= 11 is 0. The summed E-state index contributed by atoms with van der Waals surface area (Å²) in [6, 6.07) is 3.99. The maximum absolute atomic E-state index is 5.77. The summed E-state index contributed by atoms with van der Waals surface area (Å²) in [5.74, 6) is 0.752. The lowest BCUT2D eigenvalue weighted by Crippen LogP contribution is -2.12. The predicted octanol–water partition coefficient (Wildman–Crippen LogP) is 2.75. The average Bonchev–Trinajstić information content (AvgIpc) is 2.74. The Morgan fingerprint density at radius 2 is 1.94 bits per heavy atom. The molecule has 0 radical (unpaired) electrons. The van der Waals surface area contributed by atoms with Crippen LogP contribution in [0.1, 0.15) is 31.2 Å². The molecule has 0 bridgehead atoms. The van der Waals surface area contributed by atoms with Crippen LogP contribution < -0.4 is 10.5 Å². The van der Waals surface area contributed by atoms with Crippen molar-refractivity contribution in [2.75, 3.05) is 6.54 Å². The molecular weight excluding hydrogens is 259 g/mol. The van der Waals surface area contributed by atoms with Crippen LogP contribution in [0.4, 0.5) is 0 Å². The van der Waals surface area contributed by atoms with E-state index in [4.69, 9.17) is 10.5 Å². The number of hydrogen-bond donors (Lipinski definition) is 1. The molecule has 17 heavy (non-hydrogen) atoms. The van der Waals surface area contributed by atoms with Crippen molar-refractivity contribution in [1.82, 2.24) is 4.98 Å². The average molecular weight is 279 g/mol. The first-order chi connectivity index (χ1) is 7.38. The standard InChI is InChI=1S/C12H18N2O.2ClH/c13-8-7-10-5-6-12(14-9-10)15-11-3-1-2-4-11;;/h5-6,9,11H,1-4,7-8,13H2;2*1H. The summed E-state index contributed by atoms with van der Waals surface area (Å²) in [5.41, 5.74) is 6.65. The largest absolute Gasteiger partial charge is 0.474 e. The molecule has 0 amide bonds. The third kappa shape index (κ3) is 5.11. The van der Waals surface area contributed by atoms with Gasteiger partial charge in [-0.25, -0.2) is 4.98 Å². The Kier molecular flexibility index (Phi) is 8.30. The Morgan fingerprint density at radius 3 is 2.47 bits per heavy atom. The van der Waals surface area contributed by atoms with Gasteiger partial charge in [0.15, 0.2) is 0 Å². The number of nitrogens with zero attached hydrogens (tertiary/aromatic N) is 1. The fraction of sp³-hybridized carbons (Fsp3) is 0.583. The fourth-order valence-electron chi connectivity index (χ4n) is 1.97. The van der Waals surface area contributed by atoms with Gasteiger partial charge in [-0.1, -0.05) is 6.07 Å².